The lowest BCUT2D eigenvalue weighted by molar-refractivity contribution is -0.117. The maximum atomic E-state index is 12.7. The largest absolute Gasteiger partial charge is 0.324 e. The maximum Gasteiger partial charge on any atom is 0.238 e. The van der Waals surface area contributed by atoms with Crippen molar-refractivity contribution in [2.24, 2.45) is 0 Å². The number of likely N-dealkylation sites (N-methyl/N-ethyl adjacent to an activating group) is 1. The van der Waals surface area contributed by atoms with E-state index in [-0.39, 0.29) is 5.91 Å². The first-order valence-corrected chi connectivity index (χ1v) is 9.93. The summed E-state index contributed by atoms with van der Waals surface area (Å²) in [5, 5.41) is 3.18. The highest BCUT2D eigenvalue weighted by Crippen LogP contribution is 2.32. The van der Waals surface area contributed by atoms with Crippen LogP contribution in [-0.2, 0) is 11.3 Å². The molecular formula is C22H29BrN2O. The molecule has 0 aliphatic rings. The Morgan fingerprint density at radius 2 is 1.58 bits per heavy atom. The molecule has 0 unspecified atom stereocenters. The molecule has 0 atom stereocenters. The average Bonchev–Trinajstić information content (AvgIpc) is 2.56. The summed E-state index contributed by atoms with van der Waals surface area (Å²) < 4.78 is 1.07. The van der Waals surface area contributed by atoms with Crippen molar-refractivity contribution < 1.29 is 4.79 Å². The predicted molar refractivity (Wildman–Crippen MR) is 114 cm³/mol. The van der Waals surface area contributed by atoms with Gasteiger partial charge in [-0.05, 0) is 41.6 Å². The van der Waals surface area contributed by atoms with E-state index in [0.717, 1.165) is 16.7 Å². The Morgan fingerprint density at radius 1 is 1.00 bits per heavy atom. The number of carbonyl (C=O) groups excluding carboxylic acids is 1. The lowest BCUT2D eigenvalue weighted by Gasteiger charge is -2.22. The van der Waals surface area contributed by atoms with Crippen molar-refractivity contribution in [1.82, 2.24) is 4.90 Å². The van der Waals surface area contributed by atoms with Crippen molar-refractivity contribution in [3.63, 3.8) is 0 Å². The highest BCUT2D eigenvalue weighted by molar-refractivity contribution is 9.10. The number of anilines is 1. The summed E-state index contributed by atoms with van der Waals surface area (Å²) in [5.74, 6) is 0.749. The molecule has 26 heavy (non-hydrogen) atoms. The summed E-state index contributed by atoms with van der Waals surface area (Å²) in [5.41, 5.74) is 4.54. The second-order valence-electron chi connectivity index (χ2n) is 7.43. The number of carbonyl (C=O) groups is 1. The zero-order valence-electron chi connectivity index (χ0n) is 16.3. The smallest absolute Gasteiger partial charge is 0.238 e. The summed E-state index contributed by atoms with van der Waals surface area (Å²) in [6, 6.07) is 14.4. The fourth-order valence-corrected chi connectivity index (χ4v) is 3.50. The van der Waals surface area contributed by atoms with Crippen molar-refractivity contribution in [3.8, 4) is 0 Å². The molecular weight excluding hydrogens is 388 g/mol. The van der Waals surface area contributed by atoms with Gasteiger partial charge in [-0.25, -0.2) is 0 Å². The molecule has 0 radical (unpaired) electrons. The minimum absolute atomic E-state index is 0.0227. The average molecular weight is 417 g/mol. The molecule has 2 aromatic rings. The second kappa shape index (κ2) is 9.33. The molecule has 0 saturated heterocycles. The molecule has 0 heterocycles. The van der Waals surface area contributed by atoms with Gasteiger partial charge in [0.15, 0.2) is 0 Å². The first-order chi connectivity index (χ1) is 12.3. The molecule has 0 spiro atoms. The zero-order valence-corrected chi connectivity index (χ0v) is 17.9. The van der Waals surface area contributed by atoms with Crippen LogP contribution in [0.15, 0.2) is 46.9 Å². The molecule has 0 aliphatic heterocycles. The third kappa shape index (κ3) is 5.42. The molecule has 2 rings (SSSR count). The van der Waals surface area contributed by atoms with E-state index in [4.69, 9.17) is 0 Å². The number of hydrogen-bond acceptors (Lipinski definition) is 2. The third-order valence-electron chi connectivity index (χ3n) is 4.45. The fourth-order valence-electron chi connectivity index (χ4n) is 3.09. The summed E-state index contributed by atoms with van der Waals surface area (Å²) in [6.07, 6.45) is 0. The Morgan fingerprint density at radius 3 is 2.12 bits per heavy atom. The number of halogens is 1. The number of nitrogens with zero attached hydrogens (tertiary/aromatic N) is 1. The van der Waals surface area contributed by atoms with Gasteiger partial charge in [-0.2, -0.15) is 0 Å². The highest BCUT2D eigenvalue weighted by atomic mass is 79.9. The number of amides is 1. The number of hydrogen-bond donors (Lipinski definition) is 1. The van der Waals surface area contributed by atoms with E-state index in [9.17, 15) is 4.79 Å². The van der Waals surface area contributed by atoms with E-state index in [1.165, 1.54) is 16.7 Å². The van der Waals surface area contributed by atoms with E-state index in [1.54, 1.807) is 0 Å². The third-order valence-corrected chi connectivity index (χ3v) is 5.22. The van der Waals surface area contributed by atoms with Gasteiger partial charge in [0.05, 0.1) is 6.54 Å². The monoisotopic (exact) mass is 416 g/mol. The van der Waals surface area contributed by atoms with E-state index < -0.39 is 0 Å². The topological polar surface area (TPSA) is 32.3 Å². The van der Waals surface area contributed by atoms with Crippen LogP contribution in [0.2, 0.25) is 0 Å². The summed E-state index contributed by atoms with van der Waals surface area (Å²) in [4.78, 5) is 14.7. The normalized spacial score (nSPS) is 11.4. The lowest BCUT2D eigenvalue weighted by Crippen LogP contribution is -2.30. The van der Waals surface area contributed by atoms with Gasteiger partial charge in [0.1, 0.15) is 0 Å². The Hall–Kier alpha value is -1.65. The minimum atomic E-state index is 0.0227. The molecule has 0 fully saturated rings. The standard InChI is InChI=1S/C22H29BrN2O/c1-15(2)18-10-8-11-19(16(3)4)22(18)24-21(26)14-25(5)13-17-9-6-7-12-20(17)23/h6-12,15-16H,13-14H2,1-5H3,(H,24,26). The van der Waals surface area contributed by atoms with Gasteiger partial charge in [0.2, 0.25) is 5.91 Å². The Bertz CT molecular complexity index is 729. The highest BCUT2D eigenvalue weighted by Gasteiger charge is 2.17. The molecule has 0 aliphatic carbocycles. The second-order valence-corrected chi connectivity index (χ2v) is 8.29. The number of nitrogens with one attached hydrogen (secondary N) is 1. The van der Waals surface area contributed by atoms with Crippen LogP contribution in [-0.4, -0.2) is 24.4 Å². The van der Waals surface area contributed by atoms with Crippen LogP contribution in [0.1, 0.15) is 56.2 Å². The van der Waals surface area contributed by atoms with Crippen LogP contribution < -0.4 is 5.32 Å². The Balaban J connectivity index is 2.11. The van der Waals surface area contributed by atoms with Gasteiger partial charge >= 0.3 is 0 Å². The summed E-state index contributed by atoms with van der Waals surface area (Å²) >= 11 is 3.57. The van der Waals surface area contributed by atoms with Gasteiger partial charge in [-0.3, -0.25) is 9.69 Å². The number of para-hydroxylation sites is 1. The molecule has 1 amide bonds. The Kier molecular flexibility index (Phi) is 7.42. The molecule has 4 heteroatoms. The van der Waals surface area contributed by atoms with Gasteiger partial charge in [0.25, 0.3) is 0 Å². The molecule has 0 aromatic heterocycles. The Labute approximate surface area is 165 Å². The minimum Gasteiger partial charge on any atom is -0.324 e. The molecule has 0 saturated carbocycles. The molecule has 3 nitrogen and oxygen atoms in total. The first kappa shape index (κ1) is 20.7. The summed E-state index contributed by atoms with van der Waals surface area (Å²) in [6.45, 7) is 9.72. The van der Waals surface area contributed by atoms with Gasteiger partial charge in [-0.1, -0.05) is 80.0 Å². The zero-order chi connectivity index (χ0) is 19.3. The van der Waals surface area contributed by atoms with Crippen LogP contribution in [0.4, 0.5) is 5.69 Å². The molecule has 0 bridgehead atoms. The van der Waals surface area contributed by atoms with Crippen LogP contribution >= 0.6 is 15.9 Å². The summed E-state index contributed by atoms with van der Waals surface area (Å²) in [7, 11) is 1.97. The molecule has 1 N–H and O–H groups in total. The van der Waals surface area contributed by atoms with Crippen LogP contribution in [0.5, 0.6) is 0 Å². The van der Waals surface area contributed by atoms with E-state index in [0.29, 0.717) is 18.4 Å². The van der Waals surface area contributed by atoms with E-state index in [2.05, 4.69) is 73.2 Å². The quantitative estimate of drug-likeness (QED) is 0.621. The molecule has 2 aromatic carbocycles. The van der Waals surface area contributed by atoms with Gasteiger partial charge in [0, 0.05) is 16.7 Å². The van der Waals surface area contributed by atoms with Crippen molar-refractivity contribution >= 4 is 27.5 Å². The van der Waals surface area contributed by atoms with Crippen molar-refractivity contribution in [2.45, 2.75) is 46.1 Å². The van der Waals surface area contributed by atoms with Gasteiger partial charge in [-0.15, -0.1) is 0 Å². The molecule has 140 valence electrons. The van der Waals surface area contributed by atoms with Crippen molar-refractivity contribution in [2.75, 3.05) is 18.9 Å². The first-order valence-electron chi connectivity index (χ1n) is 9.14. The van der Waals surface area contributed by atoms with Gasteiger partial charge < -0.3 is 5.32 Å². The van der Waals surface area contributed by atoms with Crippen LogP contribution in [0, 0.1) is 0 Å². The number of benzene rings is 2. The van der Waals surface area contributed by atoms with E-state index >= 15 is 0 Å². The fraction of sp³-hybridized carbons (Fsp3) is 0.409. The SMILES string of the molecule is CC(C)c1cccc(C(C)C)c1NC(=O)CN(C)Cc1ccccc1Br. The van der Waals surface area contributed by atoms with Crippen LogP contribution in [0.25, 0.3) is 0 Å². The van der Waals surface area contributed by atoms with E-state index in [1.807, 2.05) is 30.1 Å². The maximum absolute atomic E-state index is 12.7. The van der Waals surface area contributed by atoms with Crippen molar-refractivity contribution in [3.05, 3.63) is 63.6 Å². The predicted octanol–water partition coefficient (Wildman–Crippen LogP) is 5.77. The van der Waals surface area contributed by atoms with Crippen LogP contribution in [0.3, 0.4) is 0 Å². The number of rotatable bonds is 7. The van der Waals surface area contributed by atoms with Crippen molar-refractivity contribution in [1.29, 1.82) is 0 Å². The lowest BCUT2D eigenvalue weighted by atomic mass is 9.92.